The Bertz CT molecular complexity index is 261. The van der Waals surface area contributed by atoms with Gasteiger partial charge in [-0.25, -0.2) is 0 Å². The maximum absolute atomic E-state index is 11.4. The lowest BCUT2D eigenvalue weighted by molar-refractivity contribution is -0.144. The molecular formula is C10H14O3. The van der Waals surface area contributed by atoms with Crippen molar-refractivity contribution in [3.63, 3.8) is 0 Å². The topological polar surface area (TPSA) is 35.5 Å². The van der Waals surface area contributed by atoms with E-state index in [0.29, 0.717) is 11.8 Å². The van der Waals surface area contributed by atoms with Crippen molar-refractivity contribution >= 4 is 5.97 Å². The Hall–Kier alpha value is -0.570. The predicted octanol–water partition coefficient (Wildman–Crippen LogP) is 0.971. The number of hydrogen-bond acceptors (Lipinski definition) is 3. The SMILES string of the molecule is CC(C)C1C2CC3C(=O)OC1C3O2. The van der Waals surface area contributed by atoms with Crippen molar-refractivity contribution in [2.75, 3.05) is 0 Å². The Kier molecular flexibility index (Phi) is 1.36. The van der Waals surface area contributed by atoms with Gasteiger partial charge >= 0.3 is 5.97 Å². The van der Waals surface area contributed by atoms with Crippen molar-refractivity contribution < 1.29 is 14.3 Å². The van der Waals surface area contributed by atoms with Gasteiger partial charge in [0.05, 0.1) is 12.0 Å². The summed E-state index contributed by atoms with van der Waals surface area (Å²) in [6, 6.07) is 0. The van der Waals surface area contributed by atoms with E-state index >= 15 is 0 Å². The minimum absolute atomic E-state index is 0.0272. The van der Waals surface area contributed by atoms with Crippen LogP contribution in [0.15, 0.2) is 0 Å². The molecule has 3 saturated heterocycles. The lowest BCUT2D eigenvalue weighted by Gasteiger charge is -2.25. The van der Waals surface area contributed by atoms with E-state index in [4.69, 9.17) is 9.47 Å². The van der Waals surface area contributed by atoms with Crippen LogP contribution in [-0.2, 0) is 14.3 Å². The van der Waals surface area contributed by atoms with E-state index in [1.165, 1.54) is 0 Å². The second-order valence-electron chi connectivity index (χ2n) is 4.70. The first kappa shape index (κ1) is 7.80. The van der Waals surface area contributed by atoms with Crippen LogP contribution < -0.4 is 0 Å². The van der Waals surface area contributed by atoms with Crippen LogP contribution >= 0.6 is 0 Å². The van der Waals surface area contributed by atoms with Crippen LogP contribution in [0.1, 0.15) is 20.3 Å². The van der Waals surface area contributed by atoms with Gasteiger partial charge in [0.1, 0.15) is 12.2 Å². The number of carbonyl (C=O) groups excluding carboxylic acids is 1. The average molecular weight is 182 g/mol. The van der Waals surface area contributed by atoms with Crippen LogP contribution in [0.4, 0.5) is 0 Å². The second kappa shape index (κ2) is 2.27. The minimum atomic E-state index is -0.0272. The van der Waals surface area contributed by atoms with Gasteiger partial charge in [0.2, 0.25) is 0 Å². The number of rotatable bonds is 1. The Morgan fingerprint density at radius 1 is 1.38 bits per heavy atom. The number of hydrogen-bond donors (Lipinski definition) is 0. The lowest BCUT2D eigenvalue weighted by atomic mass is 9.77. The highest BCUT2D eigenvalue weighted by Crippen LogP contribution is 2.51. The highest BCUT2D eigenvalue weighted by Gasteiger charge is 2.63. The van der Waals surface area contributed by atoms with Crippen LogP contribution in [0, 0.1) is 17.8 Å². The zero-order valence-corrected chi connectivity index (χ0v) is 7.90. The summed E-state index contributed by atoms with van der Waals surface area (Å²) in [6.07, 6.45) is 1.33. The van der Waals surface area contributed by atoms with Crippen molar-refractivity contribution in [2.24, 2.45) is 17.8 Å². The van der Waals surface area contributed by atoms with Gasteiger partial charge in [0.25, 0.3) is 0 Å². The summed E-state index contributed by atoms with van der Waals surface area (Å²) in [5.74, 6) is 1.02. The van der Waals surface area contributed by atoms with Crippen LogP contribution in [0.2, 0.25) is 0 Å². The molecule has 0 saturated carbocycles. The van der Waals surface area contributed by atoms with Crippen LogP contribution in [0.5, 0.6) is 0 Å². The number of carbonyl (C=O) groups is 1. The van der Waals surface area contributed by atoms with Crippen molar-refractivity contribution in [3.8, 4) is 0 Å². The molecule has 3 nitrogen and oxygen atoms in total. The van der Waals surface area contributed by atoms with E-state index in [1.807, 2.05) is 0 Å². The van der Waals surface area contributed by atoms with Crippen molar-refractivity contribution in [1.82, 2.24) is 0 Å². The molecule has 0 aromatic rings. The molecule has 0 N–H and O–H groups in total. The molecule has 3 aliphatic heterocycles. The molecule has 0 aliphatic carbocycles. The van der Waals surface area contributed by atoms with E-state index < -0.39 is 0 Å². The maximum atomic E-state index is 11.4. The molecule has 3 heterocycles. The molecule has 0 spiro atoms. The first-order valence-corrected chi connectivity index (χ1v) is 5.04. The molecule has 13 heavy (non-hydrogen) atoms. The van der Waals surface area contributed by atoms with Gasteiger partial charge < -0.3 is 9.47 Å². The van der Waals surface area contributed by atoms with Crippen molar-refractivity contribution in [1.29, 1.82) is 0 Å². The van der Waals surface area contributed by atoms with Gasteiger partial charge in [-0.3, -0.25) is 4.79 Å². The molecule has 5 unspecified atom stereocenters. The minimum Gasteiger partial charge on any atom is -0.459 e. The van der Waals surface area contributed by atoms with Gasteiger partial charge in [-0.1, -0.05) is 13.8 Å². The summed E-state index contributed by atoms with van der Waals surface area (Å²) in [6.45, 7) is 4.35. The van der Waals surface area contributed by atoms with Crippen molar-refractivity contribution in [3.05, 3.63) is 0 Å². The van der Waals surface area contributed by atoms with Gasteiger partial charge in [-0.2, -0.15) is 0 Å². The fourth-order valence-electron chi connectivity index (χ4n) is 3.13. The summed E-state index contributed by atoms with van der Waals surface area (Å²) < 4.78 is 11.1. The zero-order chi connectivity index (χ0) is 9.16. The fourth-order valence-corrected chi connectivity index (χ4v) is 3.13. The number of ether oxygens (including phenoxy) is 2. The first-order valence-electron chi connectivity index (χ1n) is 5.04. The molecule has 72 valence electrons. The molecule has 0 aromatic heterocycles. The lowest BCUT2D eigenvalue weighted by Crippen LogP contribution is -2.34. The maximum Gasteiger partial charge on any atom is 0.312 e. The van der Waals surface area contributed by atoms with Crippen LogP contribution in [0.25, 0.3) is 0 Å². The molecule has 3 heteroatoms. The molecule has 0 amide bonds. The third kappa shape index (κ3) is 0.810. The molecule has 5 atom stereocenters. The van der Waals surface area contributed by atoms with E-state index in [0.717, 1.165) is 6.42 Å². The summed E-state index contributed by atoms with van der Waals surface area (Å²) in [4.78, 5) is 11.4. The number of esters is 1. The Morgan fingerprint density at radius 2 is 2.15 bits per heavy atom. The highest BCUT2D eigenvalue weighted by atomic mass is 16.6. The van der Waals surface area contributed by atoms with Gasteiger partial charge in [0.15, 0.2) is 0 Å². The summed E-state index contributed by atoms with van der Waals surface area (Å²) >= 11 is 0. The molecule has 0 aromatic carbocycles. The fraction of sp³-hybridized carbons (Fsp3) is 0.900. The van der Waals surface area contributed by atoms with Gasteiger partial charge in [0, 0.05) is 5.92 Å². The highest BCUT2D eigenvalue weighted by molar-refractivity contribution is 5.77. The first-order chi connectivity index (χ1) is 6.18. The van der Waals surface area contributed by atoms with Crippen molar-refractivity contribution in [2.45, 2.75) is 38.6 Å². The monoisotopic (exact) mass is 182 g/mol. The predicted molar refractivity (Wildman–Crippen MR) is 45.0 cm³/mol. The third-order valence-electron chi connectivity index (χ3n) is 3.67. The quantitative estimate of drug-likeness (QED) is 0.567. The zero-order valence-electron chi connectivity index (χ0n) is 7.90. The standard InChI is InChI=1S/C10H14O3/c1-4(2)7-6-3-5-8(12-6)9(7)13-10(5)11/h4-9H,3H2,1-2H3. The van der Waals surface area contributed by atoms with Crippen LogP contribution in [0.3, 0.4) is 0 Å². The Labute approximate surface area is 77.4 Å². The smallest absolute Gasteiger partial charge is 0.312 e. The van der Waals surface area contributed by atoms with E-state index in [2.05, 4.69) is 13.8 Å². The molecule has 3 fully saturated rings. The summed E-state index contributed by atoms with van der Waals surface area (Å²) in [7, 11) is 0. The summed E-state index contributed by atoms with van der Waals surface area (Å²) in [5, 5.41) is 0. The van der Waals surface area contributed by atoms with E-state index in [9.17, 15) is 4.79 Å². The molecular weight excluding hydrogens is 168 g/mol. The molecule has 0 radical (unpaired) electrons. The molecule has 3 aliphatic rings. The number of fused-ring (bicyclic) bond motifs is 1. The largest absolute Gasteiger partial charge is 0.459 e. The normalized spacial score (nSPS) is 51.9. The van der Waals surface area contributed by atoms with Crippen LogP contribution in [-0.4, -0.2) is 24.3 Å². The second-order valence-corrected chi connectivity index (χ2v) is 4.70. The van der Waals surface area contributed by atoms with E-state index in [-0.39, 0.29) is 30.2 Å². The molecule has 2 bridgehead atoms. The van der Waals surface area contributed by atoms with Gasteiger partial charge in [-0.15, -0.1) is 0 Å². The Balaban J connectivity index is 1.94. The summed E-state index contributed by atoms with van der Waals surface area (Å²) in [5.41, 5.74) is 0. The van der Waals surface area contributed by atoms with Gasteiger partial charge in [-0.05, 0) is 12.3 Å². The molecule has 3 rings (SSSR count). The Morgan fingerprint density at radius 3 is 2.85 bits per heavy atom. The third-order valence-corrected chi connectivity index (χ3v) is 3.67. The average Bonchev–Trinajstić information content (AvgIpc) is 2.61. The van der Waals surface area contributed by atoms with E-state index in [1.54, 1.807) is 0 Å².